The standard InChI is InChI=1S/C19H20N6/c1-12-13(2)23-24-19(15(12)11-20)21-14-7-8-17-16(10-14)22-18-6-4-3-5-9-25(17)18/h7-8,10H,3-6,9H2,1-2H3,(H,21,24). The highest BCUT2D eigenvalue weighted by Crippen LogP contribution is 2.27. The summed E-state index contributed by atoms with van der Waals surface area (Å²) in [5.41, 5.74) is 5.19. The number of rotatable bonds is 2. The lowest BCUT2D eigenvalue weighted by Gasteiger charge is -2.10. The molecule has 3 aromatic rings. The molecule has 6 nitrogen and oxygen atoms in total. The molecular formula is C19H20N6. The second-order valence-corrected chi connectivity index (χ2v) is 6.56. The number of anilines is 2. The van der Waals surface area contributed by atoms with Gasteiger partial charge in [0.25, 0.3) is 0 Å². The van der Waals surface area contributed by atoms with Crippen LogP contribution in [0.15, 0.2) is 18.2 Å². The third-order valence-electron chi connectivity index (χ3n) is 4.94. The van der Waals surface area contributed by atoms with Gasteiger partial charge < -0.3 is 9.88 Å². The summed E-state index contributed by atoms with van der Waals surface area (Å²) in [7, 11) is 0. The maximum atomic E-state index is 9.44. The highest BCUT2D eigenvalue weighted by molar-refractivity contribution is 5.81. The molecule has 25 heavy (non-hydrogen) atoms. The van der Waals surface area contributed by atoms with Crippen molar-refractivity contribution < 1.29 is 0 Å². The van der Waals surface area contributed by atoms with E-state index in [4.69, 9.17) is 4.98 Å². The summed E-state index contributed by atoms with van der Waals surface area (Å²) in [6.45, 7) is 4.79. The van der Waals surface area contributed by atoms with Crippen LogP contribution in [-0.2, 0) is 13.0 Å². The number of hydrogen-bond donors (Lipinski definition) is 1. The summed E-state index contributed by atoms with van der Waals surface area (Å²) in [5.74, 6) is 1.67. The van der Waals surface area contributed by atoms with E-state index in [0.29, 0.717) is 11.4 Å². The Morgan fingerprint density at radius 2 is 2.04 bits per heavy atom. The van der Waals surface area contributed by atoms with Crippen LogP contribution in [0, 0.1) is 25.2 Å². The number of nitriles is 1. The summed E-state index contributed by atoms with van der Waals surface area (Å²) >= 11 is 0. The molecule has 6 heteroatoms. The van der Waals surface area contributed by atoms with E-state index in [1.807, 2.05) is 26.0 Å². The minimum absolute atomic E-state index is 0.491. The van der Waals surface area contributed by atoms with Crippen molar-refractivity contribution in [3.05, 3.63) is 40.8 Å². The zero-order valence-corrected chi connectivity index (χ0v) is 14.5. The van der Waals surface area contributed by atoms with Gasteiger partial charge >= 0.3 is 0 Å². The van der Waals surface area contributed by atoms with Crippen molar-refractivity contribution in [2.45, 2.75) is 46.1 Å². The summed E-state index contributed by atoms with van der Waals surface area (Å²) in [5, 5.41) is 20.9. The van der Waals surface area contributed by atoms with Crippen molar-refractivity contribution >= 4 is 22.5 Å². The zero-order valence-electron chi connectivity index (χ0n) is 14.5. The number of imidazole rings is 1. The van der Waals surface area contributed by atoms with Gasteiger partial charge in [0, 0.05) is 18.7 Å². The first-order valence-corrected chi connectivity index (χ1v) is 8.67. The average Bonchev–Trinajstić information content (AvgIpc) is 2.79. The Morgan fingerprint density at radius 1 is 1.16 bits per heavy atom. The average molecular weight is 332 g/mol. The van der Waals surface area contributed by atoms with Crippen LogP contribution in [0.5, 0.6) is 0 Å². The molecule has 2 aromatic heterocycles. The largest absolute Gasteiger partial charge is 0.338 e. The molecule has 1 aromatic carbocycles. The molecule has 3 heterocycles. The Bertz CT molecular complexity index is 995. The van der Waals surface area contributed by atoms with Crippen molar-refractivity contribution in [2.24, 2.45) is 0 Å². The number of nitrogens with zero attached hydrogens (tertiary/aromatic N) is 5. The molecule has 0 atom stereocenters. The summed E-state index contributed by atoms with van der Waals surface area (Å²) in [6.07, 6.45) is 4.73. The van der Waals surface area contributed by atoms with Crippen LogP contribution in [0.3, 0.4) is 0 Å². The molecule has 0 fully saturated rings. The highest BCUT2D eigenvalue weighted by Gasteiger charge is 2.15. The van der Waals surface area contributed by atoms with Crippen molar-refractivity contribution in [1.29, 1.82) is 5.26 Å². The van der Waals surface area contributed by atoms with Gasteiger partial charge in [0.1, 0.15) is 17.5 Å². The van der Waals surface area contributed by atoms with Crippen molar-refractivity contribution in [3.8, 4) is 6.07 Å². The van der Waals surface area contributed by atoms with Gasteiger partial charge in [-0.2, -0.15) is 10.4 Å². The molecule has 0 unspecified atom stereocenters. The van der Waals surface area contributed by atoms with Crippen LogP contribution in [0.2, 0.25) is 0 Å². The second-order valence-electron chi connectivity index (χ2n) is 6.56. The van der Waals surface area contributed by atoms with Gasteiger partial charge in [-0.3, -0.25) is 0 Å². The van der Waals surface area contributed by atoms with Gasteiger partial charge in [0.2, 0.25) is 0 Å². The van der Waals surface area contributed by atoms with E-state index in [-0.39, 0.29) is 0 Å². The Hall–Kier alpha value is -2.94. The van der Waals surface area contributed by atoms with Crippen LogP contribution >= 0.6 is 0 Å². The predicted octanol–water partition coefficient (Wildman–Crippen LogP) is 3.78. The SMILES string of the molecule is Cc1nnc(Nc2ccc3c(c2)nc2n3CCCCC2)c(C#N)c1C. The minimum atomic E-state index is 0.491. The summed E-state index contributed by atoms with van der Waals surface area (Å²) in [6, 6.07) is 8.36. The number of fused-ring (bicyclic) bond motifs is 3. The Labute approximate surface area is 146 Å². The van der Waals surface area contributed by atoms with Crippen LogP contribution in [0.25, 0.3) is 11.0 Å². The number of aryl methyl sites for hydroxylation is 3. The molecule has 0 saturated carbocycles. The molecule has 1 aliphatic rings. The molecular weight excluding hydrogens is 312 g/mol. The Balaban J connectivity index is 1.72. The Morgan fingerprint density at radius 3 is 2.88 bits per heavy atom. The quantitative estimate of drug-likeness (QED) is 0.772. The first kappa shape index (κ1) is 15.6. The highest BCUT2D eigenvalue weighted by atomic mass is 15.2. The molecule has 1 aliphatic heterocycles. The van der Waals surface area contributed by atoms with Crippen LogP contribution in [-0.4, -0.2) is 19.7 Å². The lowest BCUT2D eigenvalue weighted by atomic mass is 10.1. The van der Waals surface area contributed by atoms with Crippen molar-refractivity contribution in [1.82, 2.24) is 19.7 Å². The molecule has 0 saturated heterocycles. The predicted molar refractivity (Wildman–Crippen MR) is 96.8 cm³/mol. The Kier molecular flexibility index (Phi) is 3.85. The van der Waals surface area contributed by atoms with Crippen LogP contribution < -0.4 is 5.32 Å². The zero-order chi connectivity index (χ0) is 17.4. The van der Waals surface area contributed by atoms with Crippen LogP contribution in [0.4, 0.5) is 11.5 Å². The number of hydrogen-bond acceptors (Lipinski definition) is 5. The third kappa shape index (κ3) is 2.72. The molecule has 0 amide bonds. The molecule has 0 bridgehead atoms. The first-order chi connectivity index (χ1) is 12.2. The van der Waals surface area contributed by atoms with E-state index in [1.165, 1.54) is 30.6 Å². The van der Waals surface area contributed by atoms with E-state index >= 15 is 0 Å². The lowest BCUT2D eigenvalue weighted by Crippen LogP contribution is -2.03. The van der Waals surface area contributed by atoms with E-state index in [1.54, 1.807) is 0 Å². The number of benzene rings is 1. The van der Waals surface area contributed by atoms with E-state index in [9.17, 15) is 5.26 Å². The number of aromatic nitrogens is 4. The van der Waals surface area contributed by atoms with Gasteiger partial charge in [-0.15, -0.1) is 5.10 Å². The molecule has 1 N–H and O–H groups in total. The first-order valence-electron chi connectivity index (χ1n) is 8.67. The maximum absolute atomic E-state index is 9.44. The van der Waals surface area contributed by atoms with Crippen molar-refractivity contribution in [3.63, 3.8) is 0 Å². The minimum Gasteiger partial charge on any atom is -0.338 e. The topological polar surface area (TPSA) is 79.4 Å². The van der Waals surface area contributed by atoms with E-state index in [0.717, 1.165) is 35.4 Å². The van der Waals surface area contributed by atoms with E-state index in [2.05, 4.69) is 32.2 Å². The van der Waals surface area contributed by atoms with Crippen molar-refractivity contribution in [2.75, 3.05) is 5.32 Å². The fourth-order valence-corrected chi connectivity index (χ4v) is 3.40. The molecule has 0 spiro atoms. The third-order valence-corrected chi connectivity index (χ3v) is 4.94. The van der Waals surface area contributed by atoms with Crippen LogP contribution in [0.1, 0.15) is 41.9 Å². The fraction of sp³-hybridized carbons (Fsp3) is 0.368. The fourth-order valence-electron chi connectivity index (χ4n) is 3.40. The second kappa shape index (κ2) is 6.17. The van der Waals surface area contributed by atoms with Gasteiger partial charge in [0.05, 0.1) is 16.7 Å². The van der Waals surface area contributed by atoms with Gasteiger partial charge in [-0.25, -0.2) is 4.98 Å². The van der Waals surface area contributed by atoms with Gasteiger partial charge in [0.15, 0.2) is 5.82 Å². The molecule has 0 radical (unpaired) electrons. The molecule has 126 valence electrons. The summed E-state index contributed by atoms with van der Waals surface area (Å²) in [4.78, 5) is 4.81. The molecule has 0 aliphatic carbocycles. The van der Waals surface area contributed by atoms with Gasteiger partial charge in [-0.1, -0.05) is 6.42 Å². The normalized spacial score (nSPS) is 14.0. The lowest BCUT2D eigenvalue weighted by molar-refractivity contribution is 0.647. The van der Waals surface area contributed by atoms with Gasteiger partial charge in [-0.05, 0) is 50.5 Å². The summed E-state index contributed by atoms with van der Waals surface area (Å²) < 4.78 is 2.34. The smallest absolute Gasteiger partial charge is 0.171 e. The monoisotopic (exact) mass is 332 g/mol. The maximum Gasteiger partial charge on any atom is 0.171 e. The van der Waals surface area contributed by atoms with E-state index < -0.39 is 0 Å². The molecule has 4 rings (SSSR count). The number of nitrogens with one attached hydrogen (secondary N) is 1.